The Morgan fingerprint density at radius 1 is 1.23 bits per heavy atom. The van der Waals surface area contributed by atoms with Gasteiger partial charge >= 0.3 is 0 Å². The van der Waals surface area contributed by atoms with Gasteiger partial charge in [0.2, 0.25) is 5.95 Å². The van der Waals surface area contributed by atoms with Crippen LogP contribution in [0.4, 0.5) is 10.1 Å². The Hall–Kier alpha value is -3.29. The van der Waals surface area contributed by atoms with Crippen LogP contribution < -0.4 is 0 Å². The lowest BCUT2D eigenvalue weighted by Crippen LogP contribution is -2.05. The van der Waals surface area contributed by atoms with E-state index in [0.29, 0.717) is 17.0 Å². The van der Waals surface area contributed by atoms with Crippen LogP contribution in [0.25, 0.3) is 28.0 Å². The number of halogens is 1. The molecule has 0 N–H and O–H groups in total. The first kappa shape index (κ1) is 15.0. The molecule has 130 valence electrons. The summed E-state index contributed by atoms with van der Waals surface area (Å²) in [6, 6.07) is 7.97. The number of benzene rings is 2. The molecule has 8 heteroatoms. The van der Waals surface area contributed by atoms with Crippen LogP contribution in [0.2, 0.25) is 0 Å². The van der Waals surface area contributed by atoms with E-state index in [4.69, 9.17) is 4.98 Å². The van der Waals surface area contributed by atoms with Crippen molar-refractivity contribution in [2.24, 2.45) is 0 Å². The molecular formula is C18H14FN5O2. The average Bonchev–Trinajstić information content (AvgIpc) is 3.26. The van der Waals surface area contributed by atoms with Gasteiger partial charge in [-0.15, -0.1) is 0 Å². The number of aryl methyl sites for hydroxylation is 1. The fraction of sp³-hybridized carbons (Fsp3) is 0.222. The standard InChI is InChI=1S/C18H14FN5O2/c1-10-13(19)5-6-14-17(10)23(11-2-3-11)18(21-14)22-9-20-15-8-12(24(25)26)4-7-16(15)22/h4-9,11H,2-3H2,1H3. The summed E-state index contributed by atoms with van der Waals surface area (Å²) in [6.45, 7) is 1.76. The number of rotatable bonds is 3. The third kappa shape index (κ3) is 2.05. The fourth-order valence-electron chi connectivity index (χ4n) is 3.44. The zero-order chi connectivity index (χ0) is 18.0. The second-order valence-electron chi connectivity index (χ2n) is 6.60. The maximum Gasteiger partial charge on any atom is 0.271 e. The van der Waals surface area contributed by atoms with Gasteiger partial charge in [0, 0.05) is 23.7 Å². The first-order valence-corrected chi connectivity index (χ1v) is 8.33. The predicted molar refractivity (Wildman–Crippen MR) is 94.0 cm³/mol. The van der Waals surface area contributed by atoms with E-state index in [9.17, 15) is 14.5 Å². The van der Waals surface area contributed by atoms with E-state index >= 15 is 0 Å². The Morgan fingerprint density at radius 3 is 2.77 bits per heavy atom. The van der Waals surface area contributed by atoms with E-state index in [1.807, 2.05) is 4.57 Å². The van der Waals surface area contributed by atoms with Gasteiger partial charge in [0.15, 0.2) is 0 Å². The van der Waals surface area contributed by atoms with Crippen molar-refractivity contribution in [1.82, 2.24) is 19.1 Å². The number of nitrogens with zero attached hydrogens (tertiary/aromatic N) is 5. The molecule has 0 bridgehead atoms. The van der Waals surface area contributed by atoms with E-state index in [2.05, 4.69) is 9.55 Å². The van der Waals surface area contributed by atoms with Crippen molar-refractivity contribution in [3.05, 3.63) is 58.2 Å². The van der Waals surface area contributed by atoms with E-state index in [0.717, 1.165) is 29.4 Å². The molecule has 0 amide bonds. The fourth-order valence-corrected chi connectivity index (χ4v) is 3.44. The van der Waals surface area contributed by atoms with Crippen molar-refractivity contribution in [3.8, 4) is 5.95 Å². The van der Waals surface area contributed by atoms with Gasteiger partial charge < -0.3 is 4.57 Å². The zero-order valence-electron chi connectivity index (χ0n) is 13.9. The van der Waals surface area contributed by atoms with Crippen molar-refractivity contribution in [1.29, 1.82) is 0 Å². The summed E-state index contributed by atoms with van der Waals surface area (Å²) in [4.78, 5) is 19.6. The first-order chi connectivity index (χ1) is 12.5. The molecule has 0 spiro atoms. The molecule has 0 saturated heterocycles. The number of hydrogen-bond donors (Lipinski definition) is 0. The monoisotopic (exact) mass is 351 g/mol. The molecule has 2 aromatic heterocycles. The van der Waals surface area contributed by atoms with Gasteiger partial charge in [-0.1, -0.05) is 0 Å². The molecule has 7 nitrogen and oxygen atoms in total. The molecule has 1 saturated carbocycles. The van der Waals surface area contributed by atoms with Gasteiger partial charge in [-0.3, -0.25) is 14.7 Å². The SMILES string of the molecule is Cc1c(F)ccc2nc(-n3cnc4cc([N+](=O)[O-])ccc43)n(C3CC3)c12. The van der Waals surface area contributed by atoms with Gasteiger partial charge in [0.05, 0.1) is 27.0 Å². The summed E-state index contributed by atoms with van der Waals surface area (Å²) in [5.41, 5.74) is 3.35. The highest BCUT2D eigenvalue weighted by molar-refractivity contribution is 5.84. The van der Waals surface area contributed by atoms with Crippen LogP contribution in [0.5, 0.6) is 0 Å². The number of nitro benzene ring substituents is 1. The molecule has 0 aliphatic heterocycles. The molecule has 1 fully saturated rings. The molecule has 0 radical (unpaired) electrons. The summed E-state index contributed by atoms with van der Waals surface area (Å²) >= 11 is 0. The summed E-state index contributed by atoms with van der Waals surface area (Å²) in [7, 11) is 0. The molecule has 2 heterocycles. The van der Waals surface area contributed by atoms with Crippen molar-refractivity contribution >= 4 is 27.8 Å². The normalized spacial score (nSPS) is 14.4. The Balaban J connectivity index is 1.80. The van der Waals surface area contributed by atoms with Crippen LogP contribution in [0, 0.1) is 22.9 Å². The number of fused-ring (bicyclic) bond motifs is 2. The molecule has 2 aromatic carbocycles. The van der Waals surface area contributed by atoms with Crippen LogP contribution in [0.1, 0.15) is 24.4 Å². The van der Waals surface area contributed by atoms with E-state index < -0.39 is 4.92 Å². The Labute approximate surface area is 146 Å². The maximum atomic E-state index is 14.1. The Kier molecular flexibility index (Phi) is 2.95. The van der Waals surface area contributed by atoms with Crippen molar-refractivity contribution in [3.63, 3.8) is 0 Å². The van der Waals surface area contributed by atoms with Crippen molar-refractivity contribution in [2.75, 3.05) is 0 Å². The Bertz CT molecular complexity index is 1210. The summed E-state index contributed by atoms with van der Waals surface area (Å²) in [5.74, 6) is 0.407. The van der Waals surface area contributed by atoms with E-state index in [-0.39, 0.29) is 17.5 Å². The van der Waals surface area contributed by atoms with E-state index in [1.54, 1.807) is 25.4 Å². The number of hydrogen-bond acceptors (Lipinski definition) is 4. The highest BCUT2D eigenvalue weighted by Crippen LogP contribution is 2.41. The lowest BCUT2D eigenvalue weighted by atomic mass is 10.2. The summed E-state index contributed by atoms with van der Waals surface area (Å²) < 4.78 is 18.0. The molecular weight excluding hydrogens is 337 g/mol. The minimum absolute atomic E-state index is 0.00337. The van der Waals surface area contributed by atoms with Gasteiger partial charge in [-0.25, -0.2) is 14.4 Å². The molecule has 1 aliphatic carbocycles. The minimum atomic E-state index is -0.440. The second-order valence-corrected chi connectivity index (χ2v) is 6.60. The molecule has 26 heavy (non-hydrogen) atoms. The van der Waals surface area contributed by atoms with Crippen LogP contribution in [-0.2, 0) is 0 Å². The van der Waals surface area contributed by atoms with Crippen molar-refractivity contribution in [2.45, 2.75) is 25.8 Å². The number of nitro groups is 1. The summed E-state index contributed by atoms with van der Waals surface area (Å²) in [5, 5.41) is 11.0. The predicted octanol–water partition coefficient (Wildman–Crippen LogP) is 4.07. The second kappa shape index (κ2) is 5.10. The van der Waals surface area contributed by atoms with Crippen LogP contribution >= 0.6 is 0 Å². The number of non-ortho nitro benzene ring substituents is 1. The van der Waals surface area contributed by atoms with Crippen molar-refractivity contribution < 1.29 is 9.31 Å². The van der Waals surface area contributed by atoms with Gasteiger partial charge in [-0.05, 0) is 38.0 Å². The third-order valence-corrected chi connectivity index (χ3v) is 4.89. The summed E-state index contributed by atoms with van der Waals surface area (Å²) in [6.07, 6.45) is 3.65. The third-order valence-electron chi connectivity index (χ3n) is 4.89. The minimum Gasteiger partial charge on any atom is -0.306 e. The molecule has 0 atom stereocenters. The quantitative estimate of drug-likeness (QED) is 0.412. The van der Waals surface area contributed by atoms with Crippen LogP contribution in [0.15, 0.2) is 36.7 Å². The average molecular weight is 351 g/mol. The van der Waals surface area contributed by atoms with Gasteiger partial charge in [0.1, 0.15) is 12.1 Å². The molecule has 0 unspecified atom stereocenters. The zero-order valence-corrected chi connectivity index (χ0v) is 13.9. The topological polar surface area (TPSA) is 78.8 Å². The maximum absolute atomic E-state index is 14.1. The highest BCUT2D eigenvalue weighted by Gasteiger charge is 2.30. The largest absolute Gasteiger partial charge is 0.306 e. The lowest BCUT2D eigenvalue weighted by Gasteiger charge is -2.10. The lowest BCUT2D eigenvalue weighted by molar-refractivity contribution is -0.384. The van der Waals surface area contributed by atoms with Gasteiger partial charge in [0.25, 0.3) is 5.69 Å². The molecule has 5 rings (SSSR count). The number of imidazole rings is 2. The van der Waals surface area contributed by atoms with E-state index in [1.165, 1.54) is 18.2 Å². The first-order valence-electron chi connectivity index (χ1n) is 8.33. The Morgan fingerprint density at radius 2 is 2.04 bits per heavy atom. The number of aromatic nitrogens is 4. The highest BCUT2D eigenvalue weighted by atomic mass is 19.1. The molecule has 4 aromatic rings. The molecule has 1 aliphatic rings. The van der Waals surface area contributed by atoms with Crippen LogP contribution in [-0.4, -0.2) is 24.0 Å². The smallest absolute Gasteiger partial charge is 0.271 e. The van der Waals surface area contributed by atoms with Crippen LogP contribution in [0.3, 0.4) is 0 Å². The van der Waals surface area contributed by atoms with Gasteiger partial charge in [-0.2, -0.15) is 0 Å².